The lowest BCUT2D eigenvalue weighted by Gasteiger charge is -2.31. The van der Waals surface area contributed by atoms with Gasteiger partial charge in [0.25, 0.3) is 0 Å². The van der Waals surface area contributed by atoms with Crippen LogP contribution >= 0.6 is 0 Å². The number of hydrogen-bond donors (Lipinski definition) is 2. The predicted octanol–water partition coefficient (Wildman–Crippen LogP) is 1.11. The van der Waals surface area contributed by atoms with Crippen molar-refractivity contribution in [2.75, 3.05) is 6.54 Å². The van der Waals surface area contributed by atoms with E-state index < -0.39 is 0 Å². The monoisotopic (exact) mass is 231 g/mol. The first-order chi connectivity index (χ1) is 8.05. The van der Waals surface area contributed by atoms with Gasteiger partial charge in [-0.25, -0.2) is 4.79 Å². The number of nitrogens with zero attached hydrogens (tertiary/aromatic N) is 1. The van der Waals surface area contributed by atoms with E-state index in [2.05, 4.69) is 19.1 Å². The van der Waals surface area contributed by atoms with Gasteiger partial charge in [0.15, 0.2) is 0 Å². The first-order valence-electron chi connectivity index (χ1n) is 5.97. The Morgan fingerprint density at radius 3 is 2.88 bits per heavy atom. The number of primary amides is 1. The maximum absolute atomic E-state index is 11.5. The zero-order chi connectivity index (χ0) is 12.2. The first-order valence-corrected chi connectivity index (χ1v) is 5.97. The second kappa shape index (κ2) is 3.23. The molecule has 3 unspecified atom stereocenters. The van der Waals surface area contributed by atoms with Gasteiger partial charge in [-0.05, 0) is 17.5 Å². The van der Waals surface area contributed by atoms with Crippen LogP contribution in [-0.2, 0) is 5.41 Å². The van der Waals surface area contributed by atoms with Crippen LogP contribution in [0.5, 0.6) is 0 Å². The molecule has 1 aromatic rings. The predicted molar refractivity (Wildman–Crippen MR) is 65.4 cm³/mol. The van der Waals surface area contributed by atoms with Crippen molar-refractivity contribution in [2.45, 2.75) is 30.8 Å². The van der Waals surface area contributed by atoms with Crippen molar-refractivity contribution in [3.8, 4) is 0 Å². The Kier molecular flexibility index (Phi) is 2.01. The second-order valence-electron chi connectivity index (χ2n) is 5.26. The van der Waals surface area contributed by atoms with Gasteiger partial charge in [0.2, 0.25) is 0 Å². The Bertz CT molecular complexity index is 487. The molecule has 4 nitrogen and oxygen atoms in total. The molecular weight excluding hydrogens is 214 g/mol. The zero-order valence-electron chi connectivity index (χ0n) is 9.89. The maximum Gasteiger partial charge on any atom is 0.315 e. The fraction of sp³-hybridized carbons (Fsp3) is 0.462. The molecule has 1 saturated heterocycles. The SMILES string of the molecule is CC12CCN(C(N)=O)C1C(N)c1ccccc12. The Balaban J connectivity index is 2.13. The number of rotatable bonds is 0. The fourth-order valence-corrected chi connectivity index (χ4v) is 3.59. The van der Waals surface area contributed by atoms with E-state index >= 15 is 0 Å². The molecule has 1 fully saturated rings. The lowest BCUT2D eigenvalue weighted by molar-refractivity contribution is 0.185. The summed E-state index contributed by atoms with van der Waals surface area (Å²) in [6.45, 7) is 2.89. The highest BCUT2D eigenvalue weighted by molar-refractivity contribution is 5.74. The van der Waals surface area contributed by atoms with Gasteiger partial charge < -0.3 is 16.4 Å². The second-order valence-corrected chi connectivity index (χ2v) is 5.26. The van der Waals surface area contributed by atoms with Gasteiger partial charge in [-0.2, -0.15) is 0 Å². The van der Waals surface area contributed by atoms with Crippen molar-refractivity contribution in [1.29, 1.82) is 0 Å². The van der Waals surface area contributed by atoms with Crippen molar-refractivity contribution in [2.24, 2.45) is 11.5 Å². The molecule has 1 heterocycles. The zero-order valence-corrected chi connectivity index (χ0v) is 9.89. The highest BCUT2D eigenvalue weighted by Gasteiger charge is 2.55. The molecule has 0 saturated carbocycles. The van der Waals surface area contributed by atoms with Crippen molar-refractivity contribution >= 4 is 6.03 Å². The van der Waals surface area contributed by atoms with Gasteiger partial charge in [0.05, 0.1) is 12.1 Å². The lowest BCUT2D eigenvalue weighted by Crippen LogP contribution is -2.47. The van der Waals surface area contributed by atoms with E-state index in [9.17, 15) is 4.79 Å². The van der Waals surface area contributed by atoms with Crippen LogP contribution in [0.15, 0.2) is 24.3 Å². The highest BCUT2D eigenvalue weighted by atomic mass is 16.2. The molecule has 3 rings (SSSR count). The minimum absolute atomic E-state index is 0.0115. The summed E-state index contributed by atoms with van der Waals surface area (Å²) in [4.78, 5) is 13.2. The molecule has 0 aromatic heterocycles. The molecule has 0 bridgehead atoms. The molecule has 1 aliphatic carbocycles. The Morgan fingerprint density at radius 2 is 2.18 bits per heavy atom. The summed E-state index contributed by atoms with van der Waals surface area (Å²) >= 11 is 0. The number of carbonyl (C=O) groups excluding carboxylic acids is 1. The molecule has 4 heteroatoms. The minimum Gasteiger partial charge on any atom is -0.351 e. The molecule has 2 amide bonds. The maximum atomic E-state index is 11.5. The molecule has 0 spiro atoms. The van der Waals surface area contributed by atoms with Crippen LogP contribution < -0.4 is 11.5 Å². The molecule has 90 valence electrons. The molecule has 2 aliphatic rings. The molecule has 4 N–H and O–H groups in total. The van der Waals surface area contributed by atoms with Crippen LogP contribution in [0.2, 0.25) is 0 Å². The number of hydrogen-bond acceptors (Lipinski definition) is 2. The van der Waals surface area contributed by atoms with Gasteiger partial charge in [-0.15, -0.1) is 0 Å². The minimum atomic E-state index is -0.359. The van der Waals surface area contributed by atoms with Crippen LogP contribution in [-0.4, -0.2) is 23.5 Å². The van der Waals surface area contributed by atoms with Crippen molar-refractivity contribution in [1.82, 2.24) is 4.90 Å². The molecule has 17 heavy (non-hydrogen) atoms. The average Bonchev–Trinajstić information content (AvgIpc) is 2.76. The van der Waals surface area contributed by atoms with Gasteiger partial charge in [0, 0.05) is 12.0 Å². The molecule has 0 radical (unpaired) electrons. The number of fused-ring (bicyclic) bond motifs is 3. The van der Waals surface area contributed by atoms with E-state index in [4.69, 9.17) is 11.5 Å². The summed E-state index contributed by atoms with van der Waals surface area (Å²) in [5.74, 6) is 0. The van der Waals surface area contributed by atoms with Crippen LogP contribution in [0.25, 0.3) is 0 Å². The Morgan fingerprint density at radius 1 is 1.47 bits per heavy atom. The first kappa shape index (κ1) is 10.6. The third kappa shape index (κ3) is 1.19. The van der Waals surface area contributed by atoms with Crippen molar-refractivity contribution in [3.05, 3.63) is 35.4 Å². The number of urea groups is 1. The van der Waals surface area contributed by atoms with E-state index in [1.165, 1.54) is 5.56 Å². The van der Waals surface area contributed by atoms with E-state index in [0.717, 1.165) is 12.0 Å². The fourth-order valence-electron chi connectivity index (χ4n) is 3.59. The summed E-state index contributed by atoms with van der Waals surface area (Å²) in [5.41, 5.74) is 14.1. The lowest BCUT2D eigenvalue weighted by atomic mass is 9.80. The van der Waals surface area contributed by atoms with Crippen LogP contribution in [0.1, 0.15) is 30.5 Å². The number of benzene rings is 1. The van der Waals surface area contributed by atoms with Crippen molar-refractivity contribution < 1.29 is 4.79 Å². The van der Waals surface area contributed by atoms with E-state index in [0.29, 0.717) is 6.54 Å². The van der Waals surface area contributed by atoms with Gasteiger partial charge in [-0.1, -0.05) is 31.2 Å². The largest absolute Gasteiger partial charge is 0.351 e. The van der Waals surface area contributed by atoms with E-state index in [1.807, 2.05) is 12.1 Å². The standard InChI is InChI=1S/C13H17N3O/c1-13-6-7-16(12(15)17)11(13)10(14)8-4-2-3-5-9(8)13/h2-5,10-11H,6-7,14H2,1H3,(H2,15,17). The average molecular weight is 231 g/mol. The molecular formula is C13H17N3O. The van der Waals surface area contributed by atoms with Crippen LogP contribution in [0, 0.1) is 0 Å². The Labute approximate surface area is 101 Å². The smallest absolute Gasteiger partial charge is 0.315 e. The molecule has 1 aromatic carbocycles. The van der Waals surface area contributed by atoms with Gasteiger partial charge >= 0.3 is 6.03 Å². The topological polar surface area (TPSA) is 72.3 Å². The number of likely N-dealkylation sites (tertiary alicyclic amines) is 1. The van der Waals surface area contributed by atoms with E-state index in [1.54, 1.807) is 4.90 Å². The number of carbonyl (C=O) groups is 1. The molecule has 3 atom stereocenters. The van der Waals surface area contributed by atoms with Crippen LogP contribution in [0.3, 0.4) is 0 Å². The summed E-state index contributed by atoms with van der Waals surface area (Å²) in [7, 11) is 0. The summed E-state index contributed by atoms with van der Waals surface area (Å²) < 4.78 is 0. The van der Waals surface area contributed by atoms with Crippen molar-refractivity contribution in [3.63, 3.8) is 0 Å². The number of amides is 2. The van der Waals surface area contributed by atoms with E-state index in [-0.39, 0.29) is 23.5 Å². The summed E-state index contributed by atoms with van der Waals surface area (Å²) in [6, 6.07) is 7.75. The third-order valence-corrected chi connectivity index (χ3v) is 4.42. The quantitative estimate of drug-likeness (QED) is 0.702. The van der Waals surface area contributed by atoms with Gasteiger partial charge in [-0.3, -0.25) is 0 Å². The molecule has 1 aliphatic heterocycles. The van der Waals surface area contributed by atoms with Crippen LogP contribution in [0.4, 0.5) is 4.79 Å². The van der Waals surface area contributed by atoms with Gasteiger partial charge in [0.1, 0.15) is 0 Å². The summed E-state index contributed by atoms with van der Waals surface area (Å²) in [6.07, 6.45) is 0.936. The summed E-state index contributed by atoms with van der Waals surface area (Å²) in [5, 5.41) is 0. The third-order valence-electron chi connectivity index (χ3n) is 4.42. The Hall–Kier alpha value is -1.55. The highest BCUT2D eigenvalue weighted by Crippen LogP contribution is 2.51. The normalized spacial score (nSPS) is 34.6. The number of nitrogens with two attached hydrogens (primary N) is 2.